The fourth-order valence-electron chi connectivity index (χ4n) is 0.957. The highest BCUT2D eigenvalue weighted by Gasteiger charge is 2.47. The van der Waals surface area contributed by atoms with Gasteiger partial charge in [0.1, 0.15) is 13.2 Å². The summed E-state index contributed by atoms with van der Waals surface area (Å²) in [6.07, 6.45) is 1.77. The number of amides is 1. The number of carbonyl (C=O) groups excluding carboxylic acids is 1. The van der Waals surface area contributed by atoms with Crippen molar-refractivity contribution in [1.82, 2.24) is 0 Å². The molecule has 0 aromatic rings. The Morgan fingerprint density at radius 3 is 2.73 bits per heavy atom. The molecule has 5 nitrogen and oxygen atoms in total. The number of quaternary nitrogens is 1. The number of nitriles is 1. The standard InChI is InChI=1S/C6H8N3O2/c1-5(10)9(4-7)2-3-11-6(9)8/h8H,2-3H2,1H3/q+1. The third-order valence-electron chi connectivity index (χ3n) is 1.72. The van der Waals surface area contributed by atoms with Crippen LogP contribution in [0.1, 0.15) is 6.92 Å². The topological polar surface area (TPSA) is 73.9 Å². The van der Waals surface area contributed by atoms with Crippen molar-refractivity contribution in [2.75, 3.05) is 13.2 Å². The number of rotatable bonds is 0. The Kier molecular flexibility index (Phi) is 1.63. The Balaban J connectivity index is 3.03. The van der Waals surface area contributed by atoms with Gasteiger partial charge in [-0.3, -0.25) is 0 Å². The summed E-state index contributed by atoms with van der Waals surface area (Å²) in [5, 5.41) is 15.8. The first-order valence-corrected chi connectivity index (χ1v) is 3.16. The molecule has 1 N–H and O–H groups in total. The van der Waals surface area contributed by atoms with Crippen molar-refractivity contribution in [3.63, 3.8) is 0 Å². The van der Waals surface area contributed by atoms with Crippen LogP contribution in [0.25, 0.3) is 0 Å². The first-order valence-electron chi connectivity index (χ1n) is 3.16. The second kappa shape index (κ2) is 2.32. The van der Waals surface area contributed by atoms with Gasteiger partial charge < -0.3 is 4.74 Å². The number of carbonyl (C=O) groups is 1. The van der Waals surface area contributed by atoms with E-state index in [2.05, 4.69) is 0 Å². The highest BCUT2D eigenvalue weighted by molar-refractivity contribution is 5.82. The zero-order chi connectivity index (χ0) is 8.48. The van der Waals surface area contributed by atoms with E-state index in [9.17, 15) is 4.79 Å². The summed E-state index contributed by atoms with van der Waals surface area (Å²) in [5.74, 6) is -0.366. The van der Waals surface area contributed by atoms with E-state index in [4.69, 9.17) is 15.4 Å². The SMILES string of the molecule is CC(=O)[N+]1(C#N)CCOC1=N. The molecule has 1 unspecified atom stereocenters. The third-order valence-corrected chi connectivity index (χ3v) is 1.72. The largest absolute Gasteiger partial charge is 0.430 e. The Hall–Kier alpha value is -1.41. The lowest BCUT2D eigenvalue weighted by molar-refractivity contribution is -0.685. The average molecular weight is 154 g/mol. The molecule has 0 bridgehead atoms. The Morgan fingerprint density at radius 2 is 2.55 bits per heavy atom. The predicted molar refractivity (Wildman–Crippen MR) is 35.1 cm³/mol. The molecule has 58 valence electrons. The van der Waals surface area contributed by atoms with Crippen LogP contribution in [0.15, 0.2) is 0 Å². The summed E-state index contributed by atoms with van der Waals surface area (Å²) in [5.41, 5.74) is 0. The molecule has 1 fully saturated rings. The maximum absolute atomic E-state index is 10.9. The van der Waals surface area contributed by atoms with Gasteiger partial charge in [0.15, 0.2) is 0 Å². The number of nitrogens with zero attached hydrogens (tertiary/aromatic N) is 2. The van der Waals surface area contributed by atoms with Gasteiger partial charge in [0.2, 0.25) is 0 Å². The second-order valence-electron chi connectivity index (χ2n) is 2.31. The molecule has 1 aliphatic rings. The van der Waals surface area contributed by atoms with Gasteiger partial charge in [0, 0.05) is 0 Å². The molecule has 1 atom stereocenters. The van der Waals surface area contributed by atoms with Crippen molar-refractivity contribution in [2.45, 2.75) is 6.92 Å². The molecule has 1 heterocycles. The normalized spacial score (nSPS) is 29.3. The minimum atomic E-state index is -0.611. The highest BCUT2D eigenvalue weighted by atomic mass is 16.5. The lowest BCUT2D eigenvalue weighted by Crippen LogP contribution is -2.48. The molecule has 0 aromatic heterocycles. The minimum Gasteiger partial charge on any atom is -0.430 e. The van der Waals surface area contributed by atoms with Gasteiger partial charge in [-0.15, -0.1) is 5.26 Å². The van der Waals surface area contributed by atoms with Crippen LogP contribution in [-0.4, -0.2) is 29.6 Å². The molecule has 1 rings (SSSR count). The number of nitrogens with one attached hydrogen (secondary N) is 1. The summed E-state index contributed by atoms with van der Waals surface area (Å²) >= 11 is 0. The monoisotopic (exact) mass is 154 g/mol. The third kappa shape index (κ3) is 0.880. The van der Waals surface area contributed by atoms with E-state index in [1.54, 1.807) is 6.19 Å². The highest BCUT2D eigenvalue weighted by Crippen LogP contribution is 2.14. The van der Waals surface area contributed by atoms with Crippen molar-refractivity contribution in [3.05, 3.63) is 0 Å². The molecule has 0 spiro atoms. The number of ether oxygens (including phenoxy) is 1. The van der Waals surface area contributed by atoms with Crippen molar-refractivity contribution in [3.8, 4) is 6.19 Å². The van der Waals surface area contributed by atoms with Gasteiger partial charge in [-0.2, -0.15) is 0 Å². The van der Waals surface area contributed by atoms with Crippen LogP contribution in [0.4, 0.5) is 0 Å². The quantitative estimate of drug-likeness (QED) is 0.387. The fourth-order valence-corrected chi connectivity index (χ4v) is 0.957. The Labute approximate surface area is 63.9 Å². The molecule has 11 heavy (non-hydrogen) atoms. The summed E-state index contributed by atoms with van der Waals surface area (Å²) in [6.45, 7) is 1.81. The van der Waals surface area contributed by atoms with Crippen molar-refractivity contribution in [2.24, 2.45) is 0 Å². The van der Waals surface area contributed by atoms with Crippen molar-refractivity contribution in [1.29, 1.82) is 10.7 Å². The van der Waals surface area contributed by atoms with E-state index in [0.717, 1.165) is 0 Å². The van der Waals surface area contributed by atoms with Gasteiger partial charge in [0.25, 0.3) is 0 Å². The van der Waals surface area contributed by atoms with Gasteiger partial charge in [-0.1, -0.05) is 4.48 Å². The molecular formula is C6H8N3O2+. The van der Waals surface area contributed by atoms with Crippen LogP contribution in [0.2, 0.25) is 0 Å². The van der Waals surface area contributed by atoms with Crippen LogP contribution in [0.3, 0.4) is 0 Å². The Morgan fingerprint density at radius 1 is 1.91 bits per heavy atom. The van der Waals surface area contributed by atoms with Gasteiger partial charge in [-0.05, 0) is 0 Å². The van der Waals surface area contributed by atoms with E-state index in [1.807, 2.05) is 0 Å². The first kappa shape index (κ1) is 7.69. The van der Waals surface area contributed by atoms with E-state index in [1.165, 1.54) is 6.92 Å². The Bertz CT molecular complexity index is 255. The van der Waals surface area contributed by atoms with E-state index in [0.29, 0.717) is 0 Å². The van der Waals surface area contributed by atoms with Crippen molar-refractivity contribution >= 4 is 11.9 Å². The second-order valence-corrected chi connectivity index (χ2v) is 2.31. The zero-order valence-electron chi connectivity index (χ0n) is 6.13. The molecule has 0 saturated carbocycles. The maximum Gasteiger partial charge on any atom is 0.414 e. The lowest BCUT2D eigenvalue weighted by atomic mass is 10.4. The van der Waals surface area contributed by atoms with E-state index < -0.39 is 4.48 Å². The first-order chi connectivity index (χ1) is 5.13. The van der Waals surface area contributed by atoms with E-state index >= 15 is 0 Å². The lowest BCUT2D eigenvalue weighted by Gasteiger charge is -2.13. The van der Waals surface area contributed by atoms with Crippen LogP contribution < -0.4 is 0 Å². The summed E-state index contributed by atoms with van der Waals surface area (Å²) < 4.78 is 4.12. The molecular weight excluding hydrogens is 146 g/mol. The van der Waals surface area contributed by atoms with Crippen molar-refractivity contribution < 1.29 is 14.0 Å². The maximum atomic E-state index is 10.9. The summed E-state index contributed by atoms with van der Waals surface area (Å²) in [7, 11) is 0. The zero-order valence-corrected chi connectivity index (χ0v) is 6.13. The smallest absolute Gasteiger partial charge is 0.414 e. The molecule has 0 aromatic carbocycles. The molecule has 1 amide bonds. The van der Waals surface area contributed by atoms with Gasteiger partial charge in [0.05, 0.1) is 6.92 Å². The number of hydrogen-bond donors (Lipinski definition) is 1. The van der Waals surface area contributed by atoms with Crippen LogP contribution >= 0.6 is 0 Å². The average Bonchev–Trinajstić information content (AvgIpc) is 2.32. The van der Waals surface area contributed by atoms with Gasteiger partial charge >= 0.3 is 18.1 Å². The molecule has 0 aliphatic carbocycles. The molecule has 1 saturated heterocycles. The van der Waals surface area contributed by atoms with Crippen LogP contribution in [0, 0.1) is 16.9 Å². The minimum absolute atomic E-state index is 0.255. The number of amidine groups is 1. The molecule has 5 heteroatoms. The van der Waals surface area contributed by atoms with Crippen LogP contribution in [-0.2, 0) is 9.53 Å². The molecule has 1 aliphatic heterocycles. The number of hydrogen-bond acceptors (Lipinski definition) is 4. The molecule has 0 radical (unpaired) electrons. The van der Waals surface area contributed by atoms with E-state index in [-0.39, 0.29) is 25.1 Å². The predicted octanol–water partition coefficient (Wildman–Crippen LogP) is -0.204. The fraction of sp³-hybridized carbons (Fsp3) is 0.500. The summed E-state index contributed by atoms with van der Waals surface area (Å²) in [6, 6.07) is -0.264. The summed E-state index contributed by atoms with van der Waals surface area (Å²) in [4.78, 5) is 10.9. The van der Waals surface area contributed by atoms with Crippen LogP contribution in [0.5, 0.6) is 0 Å². The van der Waals surface area contributed by atoms with Gasteiger partial charge in [-0.25, -0.2) is 10.2 Å².